The van der Waals surface area contributed by atoms with E-state index in [0.717, 1.165) is 5.56 Å². The maximum Gasteiger partial charge on any atom is 0.269 e. The summed E-state index contributed by atoms with van der Waals surface area (Å²) in [5.74, 6) is 0. The predicted molar refractivity (Wildman–Crippen MR) is 90.4 cm³/mol. The van der Waals surface area contributed by atoms with Crippen molar-refractivity contribution < 1.29 is 4.92 Å². The molecular weight excluding hydrogens is 359 g/mol. The summed E-state index contributed by atoms with van der Waals surface area (Å²) in [7, 11) is 0. The van der Waals surface area contributed by atoms with Gasteiger partial charge in [0.05, 0.1) is 15.0 Å². The Hall–Kier alpha value is -1.83. The van der Waals surface area contributed by atoms with Gasteiger partial charge < -0.3 is 0 Å². The minimum atomic E-state index is -0.410. The molecule has 9 heteroatoms. The lowest BCUT2D eigenvalue weighted by Gasteiger charge is -2.10. The number of non-ortho nitro benzene ring substituents is 1. The molecule has 2 heterocycles. The zero-order chi connectivity index (χ0) is 16.6. The van der Waals surface area contributed by atoms with Gasteiger partial charge in [-0.3, -0.25) is 14.5 Å². The van der Waals surface area contributed by atoms with Crippen LogP contribution in [0.25, 0.3) is 5.65 Å². The molecule has 1 aromatic carbocycles. The molecule has 0 aliphatic heterocycles. The van der Waals surface area contributed by atoms with Crippen molar-refractivity contribution in [3.05, 3.63) is 62.3 Å². The highest BCUT2D eigenvalue weighted by Crippen LogP contribution is 2.36. The zero-order valence-electron chi connectivity index (χ0n) is 11.8. The number of pyridine rings is 1. The number of nitro benzene ring substituents is 1. The third-order valence-electron chi connectivity index (χ3n) is 3.23. The Balaban J connectivity index is 1.93. The second-order valence-corrected chi connectivity index (χ2v) is 6.95. The van der Waals surface area contributed by atoms with Crippen LogP contribution < -0.4 is 0 Å². The van der Waals surface area contributed by atoms with Crippen LogP contribution in [0.2, 0.25) is 10.0 Å². The first-order valence-electron chi connectivity index (χ1n) is 6.56. The molecule has 0 spiro atoms. The van der Waals surface area contributed by atoms with E-state index < -0.39 is 4.92 Å². The highest BCUT2D eigenvalue weighted by molar-refractivity contribution is 7.99. The van der Waals surface area contributed by atoms with Crippen LogP contribution in [0.1, 0.15) is 17.7 Å². The second kappa shape index (κ2) is 6.35. The van der Waals surface area contributed by atoms with Crippen LogP contribution in [0, 0.1) is 10.1 Å². The van der Waals surface area contributed by atoms with Crippen LogP contribution in [0.5, 0.6) is 0 Å². The molecule has 3 aromatic rings. The van der Waals surface area contributed by atoms with Gasteiger partial charge >= 0.3 is 0 Å². The Morgan fingerprint density at radius 3 is 2.83 bits per heavy atom. The van der Waals surface area contributed by atoms with Gasteiger partial charge in [0.15, 0.2) is 10.8 Å². The summed E-state index contributed by atoms with van der Waals surface area (Å²) < 4.78 is 1.71. The summed E-state index contributed by atoms with van der Waals surface area (Å²) in [6.07, 6.45) is 1.69. The summed E-state index contributed by atoms with van der Waals surface area (Å²) in [4.78, 5) is 10.5. The van der Waals surface area contributed by atoms with Crippen LogP contribution in [-0.2, 0) is 0 Å². The number of fused-ring (bicyclic) bond motifs is 1. The third kappa shape index (κ3) is 3.26. The van der Waals surface area contributed by atoms with E-state index >= 15 is 0 Å². The minimum absolute atomic E-state index is 0.0555. The van der Waals surface area contributed by atoms with Crippen LogP contribution in [0.4, 0.5) is 5.69 Å². The molecule has 3 rings (SSSR count). The minimum Gasteiger partial charge on any atom is -0.275 e. The Morgan fingerprint density at radius 2 is 2.09 bits per heavy atom. The molecule has 0 amide bonds. The van der Waals surface area contributed by atoms with Crippen molar-refractivity contribution in [2.24, 2.45) is 0 Å². The molecule has 0 saturated heterocycles. The van der Waals surface area contributed by atoms with Crippen LogP contribution in [0.15, 0.2) is 41.7 Å². The monoisotopic (exact) mass is 368 g/mol. The number of benzene rings is 1. The van der Waals surface area contributed by atoms with E-state index in [4.69, 9.17) is 23.2 Å². The first kappa shape index (κ1) is 16.0. The number of rotatable bonds is 4. The number of nitrogens with zero attached hydrogens (tertiary/aromatic N) is 4. The van der Waals surface area contributed by atoms with Gasteiger partial charge in [-0.1, -0.05) is 47.1 Å². The molecule has 2 aromatic heterocycles. The zero-order valence-corrected chi connectivity index (χ0v) is 14.1. The van der Waals surface area contributed by atoms with Crippen LogP contribution in [-0.4, -0.2) is 19.5 Å². The summed E-state index contributed by atoms with van der Waals surface area (Å²) in [6.45, 7) is 1.94. The van der Waals surface area contributed by atoms with E-state index in [1.165, 1.54) is 17.8 Å². The number of nitro groups is 1. The van der Waals surface area contributed by atoms with Crippen molar-refractivity contribution in [1.82, 2.24) is 14.6 Å². The molecule has 1 atom stereocenters. The van der Waals surface area contributed by atoms with E-state index in [0.29, 0.717) is 20.8 Å². The molecule has 0 aliphatic carbocycles. The average Bonchev–Trinajstić information content (AvgIpc) is 2.90. The van der Waals surface area contributed by atoms with Crippen LogP contribution >= 0.6 is 35.0 Å². The lowest BCUT2D eigenvalue weighted by atomic mass is 10.1. The fourth-order valence-electron chi connectivity index (χ4n) is 2.10. The SMILES string of the molecule is C[C@H](Sc1nnc2c(Cl)cc(Cl)cn12)c1cccc([N+](=O)[O-])c1. The quantitative estimate of drug-likeness (QED) is 0.375. The van der Waals surface area contributed by atoms with E-state index in [9.17, 15) is 10.1 Å². The van der Waals surface area contributed by atoms with Gasteiger partial charge in [0, 0.05) is 23.6 Å². The summed E-state index contributed by atoms with van der Waals surface area (Å²) in [5, 5.41) is 20.5. The molecule has 0 unspecified atom stereocenters. The van der Waals surface area contributed by atoms with Gasteiger partial charge in [0.1, 0.15) is 0 Å². The highest BCUT2D eigenvalue weighted by atomic mass is 35.5. The molecule has 0 bridgehead atoms. The normalized spacial score (nSPS) is 12.5. The molecule has 118 valence electrons. The lowest BCUT2D eigenvalue weighted by Crippen LogP contribution is -1.95. The van der Waals surface area contributed by atoms with Crippen LogP contribution in [0.3, 0.4) is 0 Å². The maximum absolute atomic E-state index is 10.9. The molecule has 0 saturated carbocycles. The average molecular weight is 369 g/mol. The molecule has 0 fully saturated rings. The highest BCUT2D eigenvalue weighted by Gasteiger charge is 2.16. The predicted octanol–water partition coefficient (Wildman–Crippen LogP) is 4.80. The number of hydrogen-bond acceptors (Lipinski definition) is 5. The summed E-state index contributed by atoms with van der Waals surface area (Å²) in [5.41, 5.74) is 1.41. The maximum atomic E-state index is 10.9. The first-order valence-corrected chi connectivity index (χ1v) is 8.20. The lowest BCUT2D eigenvalue weighted by molar-refractivity contribution is -0.384. The molecule has 0 N–H and O–H groups in total. The van der Waals surface area contributed by atoms with Gasteiger partial charge in [0.25, 0.3) is 5.69 Å². The third-order valence-corrected chi connectivity index (χ3v) is 4.83. The van der Waals surface area contributed by atoms with Crippen molar-refractivity contribution in [3.8, 4) is 0 Å². The van der Waals surface area contributed by atoms with E-state index in [1.807, 2.05) is 13.0 Å². The van der Waals surface area contributed by atoms with E-state index in [1.54, 1.807) is 28.8 Å². The van der Waals surface area contributed by atoms with Crippen molar-refractivity contribution in [2.75, 3.05) is 0 Å². The fourth-order valence-corrected chi connectivity index (χ4v) is 3.55. The largest absolute Gasteiger partial charge is 0.275 e. The van der Waals surface area contributed by atoms with Gasteiger partial charge in [0.2, 0.25) is 0 Å². The number of halogens is 2. The molecule has 0 aliphatic rings. The van der Waals surface area contributed by atoms with E-state index in [-0.39, 0.29) is 10.9 Å². The fraction of sp³-hybridized carbons (Fsp3) is 0.143. The smallest absolute Gasteiger partial charge is 0.269 e. The number of hydrogen-bond donors (Lipinski definition) is 0. The number of thioether (sulfide) groups is 1. The topological polar surface area (TPSA) is 73.3 Å². The van der Waals surface area contributed by atoms with Crippen molar-refractivity contribution >= 4 is 46.3 Å². The molecule has 6 nitrogen and oxygen atoms in total. The van der Waals surface area contributed by atoms with Gasteiger partial charge in [-0.15, -0.1) is 10.2 Å². The van der Waals surface area contributed by atoms with Crippen molar-refractivity contribution in [2.45, 2.75) is 17.3 Å². The Bertz CT molecular complexity index is 900. The Kier molecular flexibility index (Phi) is 4.43. The van der Waals surface area contributed by atoms with E-state index in [2.05, 4.69) is 10.2 Å². The second-order valence-electron chi connectivity index (χ2n) is 4.79. The van der Waals surface area contributed by atoms with Gasteiger partial charge in [-0.2, -0.15) is 0 Å². The Labute approximate surface area is 145 Å². The Morgan fingerprint density at radius 1 is 1.30 bits per heavy atom. The first-order chi connectivity index (χ1) is 11.0. The number of aromatic nitrogens is 3. The standard InChI is InChI=1S/C14H10Cl2N4O2S/c1-8(9-3-2-4-11(5-9)20(21)22)23-14-18-17-13-12(16)6-10(15)7-19(13)14/h2-8H,1H3/t8-/m0/s1. The van der Waals surface area contributed by atoms with Gasteiger partial charge in [-0.25, -0.2) is 0 Å². The van der Waals surface area contributed by atoms with Crippen molar-refractivity contribution in [1.29, 1.82) is 0 Å². The molecule has 0 radical (unpaired) electrons. The van der Waals surface area contributed by atoms with Gasteiger partial charge in [-0.05, 0) is 18.6 Å². The molecule has 23 heavy (non-hydrogen) atoms. The summed E-state index contributed by atoms with van der Waals surface area (Å²) >= 11 is 13.5. The summed E-state index contributed by atoms with van der Waals surface area (Å²) in [6, 6.07) is 8.13. The van der Waals surface area contributed by atoms with Crippen molar-refractivity contribution in [3.63, 3.8) is 0 Å². The molecular formula is C14H10Cl2N4O2S.